The van der Waals surface area contributed by atoms with Crippen LogP contribution in [0.25, 0.3) is 22.0 Å². The predicted octanol–water partition coefficient (Wildman–Crippen LogP) is 5.28. The Hall–Kier alpha value is -3.21. The molecule has 1 saturated carbocycles. The molecular formula is C29H33N3O2. The van der Waals surface area contributed by atoms with Gasteiger partial charge < -0.3 is 9.80 Å². The van der Waals surface area contributed by atoms with Crippen LogP contribution in [0.1, 0.15) is 56.5 Å². The van der Waals surface area contributed by atoms with E-state index in [1.807, 2.05) is 53.3 Å². The molecule has 2 heterocycles. The van der Waals surface area contributed by atoms with Crippen molar-refractivity contribution >= 4 is 22.7 Å². The molecule has 2 aromatic carbocycles. The second kappa shape index (κ2) is 8.23. The fourth-order valence-corrected chi connectivity index (χ4v) is 4.74. The molecule has 0 bridgehead atoms. The number of piperazine rings is 1. The Bertz CT molecular complexity index is 1240. The van der Waals surface area contributed by atoms with Gasteiger partial charge in [0, 0.05) is 48.7 Å². The molecule has 1 saturated heterocycles. The van der Waals surface area contributed by atoms with Crippen LogP contribution in [0.5, 0.6) is 0 Å². The number of amides is 2. The predicted molar refractivity (Wildman–Crippen MR) is 136 cm³/mol. The van der Waals surface area contributed by atoms with Gasteiger partial charge in [0.25, 0.3) is 5.91 Å². The molecule has 0 radical (unpaired) electrons. The van der Waals surface area contributed by atoms with E-state index in [2.05, 4.69) is 44.0 Å². The molecule has 1 aliphatic heterocycles. The normalized spacial score (nSPS) is 17.6. The molecule has 0 spiro atoms. The van der Waals surface area contributed by atoms with E-state index >= 15 is 0 Å². The van der Waals surface area contributed by atoms with E-state index in [-0.39, 0.29) is 22.6 Å². The highest BCUT2D eigenvalue weighted by molar-refractivity contribution is 5.97. The molecule has 5 nitrogen and oxygen atoms in total. The number of rotatable bonds is 3. The Morgan fingerprint density at radius 2 is 1.53 bits per heavy atom. The standard InChI is InChI=1S/C29H33N3O2/c1-28(2,3)22-9-10-24-23(11-14-30-25(24)19-22)20-5-7-21(8-6-20)26(33)31-15-17-32(18-16-31)27(34)29(4)12-13-29/h5-11,14,19H,12-13,15-18H2,1-4H3. The van der Waals surface area contributed by atoms with E-state index in [4.69, 9.17) is 0 Å². The molecule has 0 N–H and O–H groups in total. The van der Waals surface area contributed by atoms with Crippen LogP contribution in [0.15, 0.2) is 54.7 Å². The van der Waals surface area contributed by atoms with Crippen LogP contribution in [0.4, 0.5) is 0 Å². The summed E-state index contributed by atoms with van der Waals surface area (Å²) in [5.41, 5.74) is 5.05. The summed E-state index contributed by atoms with van der Waals surface area (Å²) >= 11 is 0. The number of fused-ring (bicyclic) bond motifs is 1. The SMILES string of the molecule is CC1(C(=O)N2CCN(C(=O)c3ccc(-c4ccnc5cc(C(C)(C)C)ccc45)cc3)CC2)CC1. The largest absolute Gasteiger partial charge is 0.339 e. The van der Waals surface area contributed by atoms with E-state index in [0.717, 1.165) is 34.9 Å². The zero-order chi connectivity index (χ0) is 24.1. The third-order valence-corrected chi connectivity index (χ3v) is 7.42. The maximum absolute atomic E-state index is 13.1. The average Bonchev–Trinajstić information content (AvgIpc) is 3.60. The number of hydrogen-bond donors (Lipinski definition) is 0. The van der Waals surface area contributed by atoms with Gasteiger partial charge >= 0.3 is 0 Å². The Balaban J connectivity index is 1.31. The van der Waals surface area contributed by atoms with E-state index in [9.17, 15) is 9.59 Å². The van der Waals surface area contributed by atoms with Crippen molar-refractivity contribution in [2.75, 3.05) is 26.2 Å². The van der Waals surface area contributed by atoms with Gasteiger partial charge in [-0.2, -0.15) is 0 Å². The molecule has 176 valence electrons. The summed E-state index contributed by atoms with van der Waals surface area (Å²) in [4.78, 5) is 34.1. The van der Waals surface area contributed by atoms with Crippen LogP contribution < -0.4 is 0 Å². The lowest BCUT2D eigenvalue weighted by Gasteiger charge is -2.36. The Morgan fingerprint density at radius 1 is 0.882 bits per heavy atom. The lowest BCUT2D eigenvalue weighted by Crippen LogP contribution is -2.52. The van der Waals surface area contributed by atoms with Crippen molar-refractivity contribution < 1.29 is 9.59 Å². The van der Waals surface area contributed by atoms with E-state index in [1.165, 1.54) is 5.56 Å². The van der Waals surface area contributed by atoms with Gasteiger partial charge in [0.15, 0.2) is 0 Å². The van der Waals surface area contributed by atoms with Gasteiger partial charge in [0.2, 0.25) is 5.91 Å². The average molecular weight is 456 g/mol. The topological polar surface area (TPSA) is 53.5 Å². The highest BCUT2D eigenvalue weighted by atomic mass is 16.2. The third kappa shape index (κ3) is 4.20. The van der Waals surface area contributed by atoms with Crippen LogP contribution in [0, 0.1) is 5.41 Å². The van der Waals surface area contributed by atoms with Gasteiger partial charge in [-0.3, -0.25) is 14.6 Å². The number of hydrogen-bond acceptors (Lipinski definition) is 3. The summed E-state index contributed by atoms with van der Waals surface area (Å²) in [7, 11) is 0. The fourth-order valence-electron chi connectivity index (χ4n) is 4.74. The molecule has 2 amide bonds. The first-order valence-corrected chi connectivity index (χ1v) is 12.2. The second-order valence-corrected chi connectivity index (χ2v) is 11.1. The fraction of sp³-hybridized carbons (Fsp3) is 0.414. The van der Waals surface area contributed by atoms with Crippen LogP contribution in [0.2, 0.25) is 0 Å². The van der Waals surface area contributed by atoms with E-state index < -0.39 is 0 Å². The molecule has 1 aromatic heterocycles. The smallest absolute Gasteiger partial charge is 0.253 e. The van der Waals surface area contributed by atoms with E-state index in [1.54, 1.807) is 0 Å². The van der Waals surface area contributed by atoms with Crippen LogP contribution in [-0.4, -0.2) is 52.8 Å². The molecule has 3 aromatic rings. The van der Waals surface area contributed by atoms with Gasteiger partial charge in [-0.15, -0.1) is 0 Å². The first-order valence-electron chi connectivity index (χ1n) is 12.2. The summed E-state index contributed by atoms with van der Waals surface area (Å²) in [5.74, 6) is 0.286. The van der Waals surface area contributed by atoms with Gasteiger partial charge in [0.1, 0.15) is 0 Å². The summed E-state index contributed by atoms with van der Waals surface area (Å²) in [6, 6.07) is 16.4. The molecule has 1 aliphatic carbocycles. The van der Waals surface area contributed by atoms with Gasteiger partial charge in [-0.25, -0.2) is 0 Å². The van der Waals surface area contributed by atoms with E-state index in [0.29, 0.717) is 31.7 Å². The van der Waals surface area contributed by atoms with Gasteiger partial charge in [-0.05, 0) is 59.2 Å². The molecule has 0 atom stereocenters. The highest BCUT2D eigenvalue weighted by Gasteiger charge is 2.47. The lowest BCUT2D eigenvalue weighted by atomic mass is 9.86. The number of pyridine rings is 1. The Kier molecular flexibility index (Phi) is 5.46. The van der Waals surface area contributed by atoms with Crippen molar-refractivity contribution in [3.05, 3.63) is 65.9 Å². The van der Waals surface area contributed by atoms with Crippen molar-refractivity contribution in [1.29, 1.82) is 0 Å². The zero-order valence-electron chi connectivity index (χ0n) is 20.6. The quantitative estimate of drug-likeness (QED) is 0.540. The van der Waals surface area contributed by atoms with Crippen molar-refractivity contribution in [3.63, 3.8) is 0 Å². The highest BCUT2D eigenvalue weighted by Crippen LogP contribution is 2.46. The molecule has 0 unspecified atom stereocenters. The van der Waals surface area contributed by atoms with Crippen LogP contribution in [0.3, 0.4) is 0 Å². The minimum absolute atomic E-state index is 0.0330. The van der Waals surface area contributed by atoms with Crippen LogP contribution in [-0.2, 0) is 10.2 Å². The van der Waals surface area contributed by atoms with Gasteiger partial charge in [-0.1, -0.05) is 52.0 Å². The molecular weight excluding hydrogens is 422 g/mol. The zero-order valence-corrected chi connectivity index (χ0v) is 20.6. The number of aromatic nitrogens is 1. The molecule has 5 heteroatoms. The number of nitrogens with zero attached hydrogens (tertiary/aromatic N) is 3. The maximum atomic E-state index is 13.1. The summed E-state index contributed by atoms with van der Waals surface area (Å²) < 4.78 is 0. The maximum Gasteiger partial charge on any atom is 0.253 e. The monoisotopic (exact) mass is 455 g/mol. The first-order chi connectivity index (χ1) is 16.2. The summed E-state index contributed by atoms with van der Waals surface area (Å²) in [5, 5.41) is 1.11. The van der Waals surface area contributed by atoms with Crippen molar-refractivity contribution in [2.45, 2.75) is 46.0 Å². The van der Waals surface area contributed by atoms with Gasteiger partial charge in [0.05, 0.1) is 5.52 Å². The Morgan fingerprint density at radius 3 is 2.15 bits per heavy atom. The van der Waals surface area contributed by atoms with Crippen molar-refractivity contribution in [3.8, 4) is 11.1 Å². The number of carbonyl (C=O) groups excluding carboxylic acids is 2. The second-order valence-electron chi connectivity index (χ2n) is 11.1. The number of carbonyl (C=O) groups is 2. The molecule has 34 heavy (non-hydrogen) atoms. The number of benzene rings is 2. The summed E-state index contributed by atoms with van der Waals surface area (Å²) in [6.07, 6.45) is 3.83. The lowest BCUT2D eigenvalue weighted by molar-refractivity contribution is -0.137. The minimum Gasteiger partial charge on any atom is -0.339 e. The minimum atomic E-state index is -0.145. The molecule has 5 rings (SSSR count). The Labute approximate surface area is 201 Å². The summed E-state index contributed by atoms with van der Waals surface area (Å²) in [6.45, 7) is 11.1. The van der Waals surface area contributed by atoms with Crippen molar-refractivity contribution in [1.82, 2.24) is 14.8 Å². The van der Waals surface area contributed by atoms with Crippen molar-refractivity contribution in [2.24, 2.45) is 5.41 Å². The molecule has 2 aliphatic rings. The van der Waals surface area contributed by atoms with Crippen LogP contribution >= 0.6 is 0 Å². The first kappa shape index (κ1) is 22.6. The molecule has 2 fully saturated rings. The third-order valence-electron chi connectivity index (χ3n) is 7.42.